The number of hydrogen-bond donors (Lipinski definition) is 2. The number of hydrogen-bond acceptors (Lipinski definition) is 2. The Labute approximate surface area is 104 Å². The summed E-state index contributed by atoms with van der Waals surface area (Å²) in [6.07, 6.45) is 3.28. The summed E-state index contributed by atoms with van der Waals surface area (Å²) in [6, 6.07) is 6.65. The molecule has 1 aromatic carbocycles. The maximum absolute atomic E-state index is 9.69. The van der Waals surface area contributed by atoms with Gasteiger partial charge >= 0.3 is 0 Å². The molecular formula is C15H23NO. The molecule has 17 heavy (non-hydrogen) atoms. The van der Waals surface area contributed by atoms with Gasteiger partial charge in [0.2, 0.25) is 0 Å². The number of rotatable bonds is 3. The molecule has 1 unspecified atom stereocenters. The van der Waals surface area contributed by atoms with Crippen LogP contribution in [-0.2, 0) is 6.42 Å². The summed E-state index contributed by atoms with van der Waals surface area (Å²) in [6.45, 7) is 6.62. The molecule has 1 heterocycles. The molecular weight excluding hydrogens is 210 g/mol. The zero-order valence-electron chi connectivity index (χ0n) is 10.9. The smallest absolute Gasteiger partial charge is 0.0502 e. The quantitative estimate of drug-likeness (QED) is 0.839. The van der Waals surface area contributed by atoms with Crippen molar-refractivity contribution in [3.05, 3.63) is 34.9 Å². The van der Waals surface area contributed by atoms with Gasteiger partial charge in [-0.05, 0) is 56.3 Å². The van der Waals surface area contributed by atoms with E-state index in [1.165, 1.54) is 23.1 Å². The van der Waals surface area contributed by atoms with Crippen LogP contribution in [0.15, 0.2) is 18.2 Å². The van der Waals surface area contributed by atoms with E-state index in [0.29, 0.717) is 0 Å². The van der Waals surface area contributed by atoms with Crippen LogP contribution in [0.4, 0.5) is 0 Å². The van der Waals surface area contributed by atoms with Crippen LogP contribution in [0, 0.1) is 19.3 Å². The fourth-order valence-electron chi connectivity index (χ4n) is 2.72. The number of aliphatic hydroxyl groups is 1. The van der Waals surface area contributed by atoms with Crippen LogP contribution in [0.2, 0.25) is 0 Å². The van der Waals surface area contributed by atoms with E-state index in [1.54, 1.807) is 0 Å². The van der Waals surface area contributed by atoms with Crippen molar-refractivity contribution in [2.75, 3.05) is 19.7 Å². The second-order valence-electron chi connectivity index (χ2n) is 5.53. The fraction of sp³-hybridized carbons (Fsp3) is 0.600. The van der Waals surface area contributed by atoms with Crippen LogP contribution in [-0.4, -0.2) is 24.8 Å². The first-order chi connectivity index (χ1) is 8.15. The Morgan fingerprint density at radius 1 is 1.29 bits per heavy atom. The average molecular weight is 233 g/mol. The third-order valence-electron chi connectivity index (χ3n) is 4.05. The van der Waals surface area contributed by atoms with Crippen LogP contribution in [0.3, 0.4) is 0 Å². The van der Waals surface area contributed by atoms with Gasteiger partial charge in [-0.1, -0.05) is 18.2 Å². The third-order valence-corrected chi connectivity index (χ3v) is 4.05. The minimum Gasteiger partial charge on any atom is -0.396 e. The van der Waals surface area contributed by atoms with Crippen molar-refractivity contribution >= 4 is 0 Å². The predicted octanol–water partition coefficient (Wildman–Crippen LogP) is 2.21. The SMILES string of the molecule is Cc1ccc(CC2(CO)CCCNC2)cc1C. The van der Waals surface area contributed by atoms with E-state index in [0.717, 1.165) is 25.9 Å². The van der Waals surface area contributed by atoms with Crippen molar-refractivity contribution in [2.24, 2.45) is 5.41 Å². The highest BCUT2D eigenvalue weighted by Gasteiger charge is 2.31. The maximum atomic E-state index is 9.69. The van der Waals surface area contributed by atoms with E-state index in [-0.39, 0.29) is 12.0 Å². The Balaban J connectivity index is 2.14. The number of aliphatic hydroxyl groups excluding tert-OH is 1. The van der Waals surface area contributed by atoms with Gasteiger partial charge in [-0.15, -0.1) is 0 Å². The van der Waals surface area contributed by atoms with Crippen LogP contribution >= 0.6 is 0 Å². The molecule has 1 atom stereocenters. The summed E-state index contributed by atoms with van der Waals surface area (Å²) in [7, 11) is 0. The highest BCUT2D eigenvalue weighted by atomic mass is 16.3. The molecule has 1 aromatic rings. The molecule has 1 fully saturated rings. The van der Waals surface area contributed by atoms with Gasteiger partial charge in [-0.3, -0.25) is 0 Å². The van der Waals surface area contributed by atoms with Crippen LogP contribution in [0.25, 0.3) is 0 Å². The lowest BCUT2D eigenvalue weighted by Crippen LogP contribution is -2.44. The molecule has 0 aliphatic carbocycles. The minimum absolute atomic E-state index is 0.0555. The van der Waals surface area contributed by atoms with E-state index in [9.17, 15) is 5.11 Å². The first kappa shape index (κ1) is 12.6. The van der Waals surface area contributed by atoms with Crippen molar-refractivity contribution in [1.82, 2.24) is 5.32 Å². The van der Waals surface area contributed by atoms with Gasteiger partial charge in [-0.2, -0.15) is 0 Å². The van der Waals surface area contributed by atoms with E-state index >= 15 is 0 Å². The summed E-state index contributed by atoms with van der Waals surface area (Å²) >= 11 is 0. The van der Waals surface area contributed by atoms with Crippen molar-refractivity contribution < 1.29 is 5.11 Å². The Kier molecular flexibility index (Phi) is 3.85. The largest absolute Gasteiger partial charge is 0.396 e. The molecule has 94 valence electrons. The first-order valence-electron chi connectivity index (χ1n) is 6.53. The number of nitrogens with one attached hydrogen (secondary N) is 1. The lowest BCUT2D eigenvalue weighted by atomic mass is 9.76. The molecule has 1 aliphatic rings. The molecule has 2 heteroatoms. The van der Waals surface area contributed by atoms with E-state index < -0.39 is 0 Å². The van der Waals surface area contributed by atoms with Gasteiger partial charge in [-0.25, -0.2) is 0 Å². The highest BCUT2D eigenvalue weighted by Crippen LogP contribution is 2.30. The van der Waals surface area contributed by atoms with Crippen molar-refractivity contribution in [2.45, 2.75) is 33.1 Å². The van der Waals surface area contributed by atoms with Gasteiger partial charge in [0.25, 0.3) is 0 Å². The molecule has 2 nitrogen and oxygen atoms in total. The molecule has 0 amide bonds. The molecule has 1 saturated heterocycles. The maximum Gasteiger partial charge on any atom is 0.0502 e. The van der Waals surface area contributed by atoms with Crippen molar-refractivity contribution in [3.8, 4) is 0 Å². The predicted molar refractivity (Wildman–Crippen MR) is 71.2 cm³/mol. The summed E-state index contributed by atoms with van der Waals surface area (Å²) in [5.74, 6) is 0. The standard InChI is InChI=1S/C15H23NO/c1-12-4-5-14(8-13(12)2)9-15(11-17)6-3-7-16-10-15/h4-5,8,16-17H,3,6-7,9-11H2,1-2H3. The van der Waals surface area contributed by atoms with Crippen molar-refractivity contribution in [3.63, 3.8) is 0 Å². The fourth-order valence-corrected chi connectivity index (χ4v) is 2.72. The Morgan fingerprint density at radius 3 is 2.71 bits per heavy atom. The highest BCUT2D eigenvalue weighted by molar-refractivity contribution is 5.30. The molecule has 0 bridgehead atoms. The third kappa shape index (κ3) is 2.88. The molecule has 0 spiro atoms. The summed E-state index contributed by atoms with van der Waals surface area (Å²) in [4.78, 5) is 0. The lowest BCUT2D eigenvalue weighted by molar-refractivity contribution is 0.0948. The zero-order chi connectivity index (χ0) is 12.3. The summed E-state index contributed by atoms with van der Waals surface area (Å²) in [5.41, 5.74) is 4.10. The first-order valence-corrected chi connectivity index (χ1v) is 6.53. The minimum atomic E-state index is 0.0555. The van der Waals surface area contributed by atoms with Gasteiger partial charge in [0.15, 0.2) is 0 Å². The van der Waals surface area contributed by atoms with Crippen molar-refractivity contribution in [1.29, 1.82) is 0 Å². The second-order valence-corrected chi connectivity index (χ2v) is 5.53. The normalized spacial score (nSPS) is 24.9. The van der Waals surface area contributed by atoms with Gasteiger partial charge in [0, 0.05) is 12.0 Å². The number of aryl methyl sites for hydroxylation is 2. The Hall–Kier alpha value is -0.860. The summed E-state index contributed by atoms with van der Waals surface area (Å²) in [5, 5.41) is 13.1. The molecule has 2 rings (SSSR count). The number of benzene rings is 1. The van der Waals surface area contributed by atoms with E-state index in [2.05, 4.69) is 37.4 Å². The van der Waals surface area contributed by atoms with Gasteiger partial charge in [0.1, 0.15) is 0 Å². The van der Waals surface area contributed by atoms with Gasteiger partial charge in [0.05, 0.1) is 6.61 Å². The van der Waals surface area contributed by atoms with Crippen LogP contribution in [0.5, 0.6) is 0 Å². The number of piperidine rings is 1. The average Bonchev–Trinajstić information content (AvgIpc) is 2.35. The summed E-state index contributed by atoms with van der Waals surface area (Å²) < 4.78 is 0. The molecule has 0 radical (unpaired) electrons. The molecule has 1 aliphatic heterocycles. The van der Waals surface area contributed by atoms with E-state index in [4.69, 9.17) is 0 Å². The molecule has 2 N–H and O–H groups in total. The second kappa shape index (κ2) is 5.19. The topological polar surface area (TPSA) is 32.3 Å². The Bertz CT molecular complexity index is 381. The van der Waals surface area contributed by atoms with E-state index in [1.807, 2.05) is 0 Å². The zero-order valence-corrected chi connectivity index (χ0v) is 10.9. The molecule has 0 saturated carbocycles. The Morgan fingerprint density at radius 2 is 2.12 bits per heavy atom. The monoisotopic (exact) mass is 233 g/mol. The van der Waals surface area contributed by atoms with Crippen LogP contribution < -0.4 is 5.32 Å². The molecule has 0 aromatic heterocycles. The lowest BCUT2D eigenvalue weighted by Gasteiger charge is -2.36. The van der Waals surface area contributed by atoms with Crippen LogP contribution in [0.1, 0.15) is 29.5 Å². The van der Waals surface area contributed by atoms with Gasteiger partial charge < -0.3 is 10.4 Å².